The largest absolute Gasteiger partial charge is 0.388 e. The number of aromatic nitrogens is 2. The van der Waals surface area contributed by atoms with E-state index in [9.17, 15) is 15.0 Å². The summed E-state index contributed by atoms with van der Waals surface area (Å²) in [7, 11) is 0. The van der Waals surface area contributed by atoms with Crippen LogP contribution in [0.4, 0.5) is 0 Å². The molecule has 2 unspecified atom stereocenters. The highest BCUT2D eigenvalue weighted by atomic mass is 16.3. The number of benzene rings is 1. The number of fused-ring (bicyclic) bond motifs is 1. The number of aliphatic hydroxyl groups is 2. The minimum Gasteiger partial charge on any atom is -0.388 e. The lowest BCUT2D eigenvalue weighted by Gasteiger charge is -2.18. The van der Waals surface area contributed by atoms with Crippen LogP contribution < -0.4 is 5.32 Å². The number of rotatable bonds is 4. The Labute approximate surface area is 110 Å². The molecule has 6 heteroatoms. The molecule has 3 N–H and O–H groups in total. The van der Waals surface area contributed by atoms with E-state index in [2.05, 4.69) is 15.3 Å². The Morgan fingerprint density at radius 3 is 2.63 bits per heavy atom. The normalized spacial score (nSPS) is 14.1. The van der Waals surface area contributed by atoms with Crippen molar-refractivity contribution in [2.24, 2.45) is 0 Å². The summed E-state index contributed by atoms with van der Waals surface area (Å²) in [6.45, 7) is 1.35. The summed E-state index contributed by atoms with van der Waals surface area (Å²) in [5.41, 5.74) is 1.89. The van der Waals surface area contributed by atoms with Crippen molar-refractivity contribution in [3.8, 4) is 0 Å². The third-order valence-corrected chi connectivity index (χ3v) is 2.76. The van der Waals surface area contributed by atoms with Gasteiger partial charge in [0.25, 0.3) is 0 Å². The fraction of sp³-hybridized carbons (Fsp3) is 0.308. The average Bonchev–Trinajstić information content (AvgIpc) is 2.43. The van der Waals surface area contributed by atoms with E-state index in [4.69, 9.17) is 0 Å². The molecule has 0 aliphatic heterocycles. The molecule has 0 spiro atoms. The Balaban J connectivity index is 2.16. The number of nitrogens with one attached hydrogen (secondary N) is 1. The number of hydrogen-bond acceptors (Lipinski definition) is 5. The molecule has 1 aromatic carbocycles. The Bertz CT molecular complexity index is 588. The van der Waals surface area contributed by atoms with E-state index < -0.39 is 12.2 Å². The number of carbonyl (C=O) groups excluding carboxylic acids is 1. The van der Waals surface area contributed by atoms with Gasteiger partial charge in [-0.05, 0) is 17.7 Å². The van der Waals surface area contributed by atoms with Gasteiger partial charge < -0.3 is 15.5 Å². The van der Waals surface area contributed by atoms with Gasteiger partial charge in [-0.25, -0.2) is 0 Å². The molecule has 0 saturated carbocycles. The van der Waals surface area contributed by atoms with Gasteiger partial charge >= 0.3 is 0 Å². The lowest BCUT2D eigenvalue weighted by molar-refractivity contribution is -0.119. The lowest BCUT2D eigenvalue weighted by Crippen LogP contribution is -2.34. The zero-order valence-electron chi connectivity index (χ0n) is 10.4. The number of carbonyl (C=O) groups is 1. The average molecular weight is 261 g/mol. The highest BCUT2D eigenvalue weighted by Crippen LogP contribution is 2.20. The molecule has 1 amide bonds. The molecule has 100 valence electrons. The van der Waals surface area contributed by atoms with Gasteiger partial charge in [0, 0.05) is 25.9 Å². The van der Waals surface area contributed by atoms with Gasteiger partial charge in [0.05, 0.1) is 11.0 Å². The molecule has 2 atom stereocenters. The fourth-order valence-corrected chi connectivity index (χ4v) is 1.75. The summed E-state index contributed by atoms with van der Waals surface area (Å²) in [4.78, 5) is 19.0. The van der Waals surface area contributed by atoms with E-state index in [1.807, 2.05) is 0 Å². The minimum atomic E-state index is -1.08. The molecule has 0 aliphatic carbocycles. The second-order valence-corrected chi connectivity index (χ2v) is 4.25. The SMILES string of the molecule is CC(=O)NCC(O)C(O)c1ccc2nccnc2c1. The molecule has 0 fully saturated rings. The molecule has 19 heavy (non-hydrogen) atoms. The highest BCUT2D eigenvalue weighted by molar-refractivity contribution is 5.74. The summed E-state index contributed by atoms with van der Waals surface area (Å²) in [5, 5.41) is 22.3. The second-order valence-electron chi connectivity index (χ2n) is 4.25. The Kier molecular flexibility index (Phi) is 4.03. The molecular formula is C13H15N3O3. The quantitative estimate of drug-likeness (QED) is 0.728. The zero-order chi connectivity index (χ0) is 13.8. The Morgan fingerprint density at radius 1 is 1.26 bits per heavy atom. The van der Waals surface area contributed by atoms with Crippen molar-refractivity contribution in [3.05, 3.63) is 36.2 Å². The first-order valence-electron chi connectivity index (χ1n) is 5.89. The van der Waals surface area contributed by atoms with E-state index in [1.54, 1.807) is 30.6 Å². The molecule has 2 aromatic rings. The monoisotopic (exact) mass is 261 g/mol. The highest BCUT2D eigenvalue weighted by Gasteiger charge is 2.19. The van der Waals surface area contributed by atoms with Crippen LogP contribution in [0.1, 0.15) is 18.6 Å². The first kappa shape index (κ1) is 13.4. The van der Waals surface area contributed by atoms with Crippen molar-refractivity contribution in [1.82, 2.24) is 15.3 Å². The molecular weight excluding hydrogens is 246 g/mol. The van der Waals surface area contributed by atoms with E-state index in [0.717, 1.165) is 5.52 Å². The van der Waals surface area contributed by atoms with Crippen molar-refractivity contribution in [2.75, 3.05) is 6.54 Å². The van der Waals surface area contributed by atoms with E-state index in [1.165, 1.54) is 6.92 Å². The molecule has 0 aliphatic rings. The van der Waals surface area contributed by atoms with E-state index in [0.29, 0.717) is 11.1 Å². The van der Waals surface area contributed by atoms with Crippen LogP contribution in [0.2, 0.25) is 0 Å². The predicted molar refractivity (Wildman–Crippen MR) is 69.2 cm³/mol. The maximum atomic E-state index is 10.8. The standard InChI is InChI=1S/C13H15N3O3/c1-8(17)16-7-12(18)13(19)9-2-3-10-11(6-9)15-5-4-14-10/h2-6,12-13,18-19H,7H2,1H3,(H,16,17). The maximum Gasteiger partial charge on any atom is 0.216 e. The van der Waals surface area contributed by atoms with Gasteiger partial charge in [0.1, 0.15) is 12.2 Å². The number of aliphatic hydroxyl groups excluding tert-OH is 2. The van der Waals surface area contributed by atoms with Crippen molar-refractivity contribution in [2.45, 2.75) is 19.1 Å². The lowest BCUT2D eigenvalue weighted by atomic mass is 10.0. The molecule has 0 saturated heterocycles. The van der Waals surface area contributed by atoms with Crippen molar-refractivity contribution < 1.29 is 15.0 Å². The number of hydrogen-bond donors (Lipinski definition) is 3. The fourth-order valence-electron chi connectivity index (χ4n) is 1.75. The van der Waals surface area contributed by atoms with Gasteiger partial charge in [0.15, 0.2) is 0 Å². The summed E-state index contributed by atoms with van der Waals surface area (Å²) < 4.78 is 0. The first-order valence-corrected chi connectivity index (χ1v) is 5.89. The van der Waals surface area contributed by atoms with Crippen LogP contribution in [-0.4, -0.2) is 38.7 Å². The molecule has 1 heterocycles. The zero-order valence-corrected chi connectivity index (χ0v) is 10.4. The Morgan fingerprint density at radius 2 is 1.95 bits per heavy atom. The minimum absolute atomic E-state index is 0.00495. The van der Waals surface area contributed by atoms with Crippen LogP contribution >= 0.6 is 0 Å². The third-order valence-electron chi connectivity index (χ3n) is 2.76. The summed E-state index contributed by atoms with van der Waals surface area (Å²) >= 11 is 0. The van der Waals surface area contributed by atoms with Gasteiger partial charge in [-0.2, -0.15) is 0 Å². The Hall–Kier alpha value is -2.05. The van der Waals surface area contributed by atoms with Crippen LogP contribution in [0.15, 0.2) is 30.6 Å². The van der Waals surface area contributed by atoms with E-state index >= 15 is 0 Å². The summed E-state index contributed by atoms with van der Waals surface area (Å²) in [6, 6.07) is 5.08. The van der Waals surface area contributed by atoms with Gasteiger partial charge in [0.2, 0.25) is 5.91 Å². The smallest absolute Gasteiger partial charge is 0.216 e. The van der Waals surface area contributed by atoms with Crippen LogP contribution in [0.5, 0.6) is 0 Å². The molecule has 0 radical (unpaired) electrons. The van der Waals surface area contributed by atoms with Gasteiger partial charge in [-0.1, -0.05) is 6.07 Å². The third kappa shape index (κ3) is 3.24. The topological polar surface area (TPSA) is 95.3 Å². The van der Waals surface area contributed by atoms with Crippen LogP contribution in [0.3, 0.4) is 0 Å². The van der Waals surface area contributed by atoms with Crippen molar-refractivity contribution in [1.29, 1.82) is 0 Å². The molecule has 2 rings (SSSR count). The van der Waals surface area contributed by atoms with Crippen molar-refractivity contribution in [3.63, 3.8) is 0 Å². The van der Waals surface area contributed by atoms with Crippen LogP contribution in [-0.2, 0) is 4.79 Å². The summed E-state index contributed by atoms with van der Waals surface area (Å²) in [6.07, 6.45) is 0.993. The van der Waals surface area contributed by atoms with E-state index in [-0.39, 0.29) is 12.5 Å². The maximum absolute atomic E-state index is 10.8. The molecule has 6 nitrogen and oxygen atoms in total. The molecule has 0 bridgehead atoms. The predicted octanol–water partition coefficient (Wildman–Crippen LogP) is 0.160. The molecule has 1 aromatic heterocycles. The first-order chi connectivity index (χ1) is 9.08. The van der Waals surface area contributed by atoms with Crippen LogP contribution in [0, 0.1) is 0 Å². The second kappa shape index (κ2) is 5.73. The number of amides is 1. The van der Waals surface area contributed by atoms with Gasteiger partial charge in [-0.15, -0.1) is 0 Å². The summed E-state index contributed by atoms with van der Waals surface area (Å²) in [5.74, 6) is -0.254. The van der Waals surface area contributed by atoms with Gasteiger partial charge in [-0.3, -0.25) is 14.8 Å². The number of nitrogens with zero attached hydrogens (tertiary/aromatic N) is 2. The van der Waals surface area contributed by atoms with Crippen LogP contribution in [0.25, 0.3) is 11.0 Å². The van der Waals surface area contributed by atoms with Crippen molar-refractivity contribution >= 4 is 16.9 Å².